The van der Waals surface area contributed by atoms with Crippen LogP contribution in [0.1, 0.15) is 21.8 Å². The SMILES string of the molecule is Cc1cccnc1CC(Br)c1cc2ccccc2o1. The van der Waals surface area contributed by atoms with Crippen molar-refractivity contribution in [1.82, 2.24) is 4.98 Å². The van der Waals surface area contributed by atoms with Crippen LogP contribution in [0.4, 0.5) is 0 Å². The fourth-order valence-electron chi connectivity index (χ4n) is 2.16. The minimum absolute atomic E-state index is 0.147. The van der Waals surface area contributed by atoms with E-state index in [4.69, 9.17) is 4.42 Å². The lowest BCUT2D eigenvalue weighted by Crippen LogP contribution is -1.98. The number of rotatable bonds is 3. The molecule has 0 aliphatic rings. The Hall–Kier alpha value is -1.61. The number of alkyl halides is 1. The molecule has 1 aromatic carbocycles. The van der Waals surface area contributed by atoms with Gasteiger partial charge in [-0.15, -0.1) is 0 Å². The number of benzene rings is 1. The molecule has 0 spiro atoms. The fraction of sp³-hybridized carbons (Fsp3) is 0.188. The standard InChI is InChI=1S/C16H14BrNO/c1-11-5-4-8-18-14(11)10-13(17)16-9-12-6-2-3-7-15(12)19-16/h2-9,13H,10H2,1H3. The topological polar surface area (TPSA) is 26.0 Å². The van der Waals surface area contributed by atoms with Gasteiger partial charge in [-0.2, -0.15) is 0 Å². The zero-order valence-electron chi connectivity index (χ0n) is 10.6. The highest BCUT2D eigenvalue weighted by Gasteiger charge is 2.15. The maximum absolute atomic E-state index is 5.87. The van der Waals surface area contributed by atoms with E-state index < -0.39 is 0 Å². The number of pyridine rings is 1. The molecule has 0 amide bonds. The second kappa shape index (κ2) is 5.17. The largest absolute Gasteiger partial charge is 0.460 e. The summed E-state index contributed by atoms with van der Waals surface area (Å²) >= 11 is 3.70. The first-order valence-corrected chi connectivity index (χ1v) is 7.18. The molecule has 0 N–H and O–H groups in total. The number of hydrogen-bond acceptors (Lipinski definition) is 2. The van der Waals surface area contributed by atoms with E-state index in [1.807, 2.05) is 30.5 Å². The molecule has 19 heavy (non-hydrogen) atoms. The van der Waals surface area contributed by atoms with Crippen LogP contribution in [0.25, 0.3) is 11.0 Å². The van der Waals surface area contributed by atoms with Crippen molar-refractivity contribution in [2.45, 2.75) is 18.2 Å². The average molecular weight is 316 g/mol. The molecule has 0 aliphatic heterocycles. The first-order valence-electron chi connectivity index (χ1n) is 6.27. The Morgan fingerprint density at radius 3 is 2.84 bits per heavy atom. The van der Waals surface area contributed by atoms with Gasteiger partial charge in [0.25, 0.3) is 0 Å². The number of aryl methyl sites for hydroxylation is 1. The van der Waals surface area contributed by atoms with E-state index in [0.29, 0.717) is 0 Å². The molecule has 1 unspecified atom stereocenters. The summed E-state index contributed by atoms with van der Waals surface area (Å²) in [5, 5.41) is 1.14. The number of hydrogen-bond donors (Lipinski definition) is 0. The summed E-state index contributed by atoms with van der Waals surface area (Å²) in [6.07, 6.45) is 2.66. The Labute approximate surface area is 120 Å². The van der Waals surface area contributed by atoms with Crippen LogP contribution in [-0.4, -0.2) is 4.98 Å². The van der Waals surface area contributed by atoms with Crippen molar-refractivity contribution in [2.24, 2.45) is 0 Å². The van der Waals surface area contributed by atoms with Gasteiger partial charge in [0.2, 0.25) is 0 Å². The predicted molar refractivity (Wildman–Crippen MR) is 80.6 cm³/mol. The molecule has 2 aromatic heterocycles. The van der Waals surface area contributed by atoms with Crippen molar-refractivity contribution in [1.29, 1.82) is 0 Å². The molecular formula is C16H14BrNO. The third-order valence-electron chi connectivity index (χ3n) is 3.24. The van der Waals surface area contributed by atoms with E-state index in [2.05, 4.69) is 46.0 Å². The van der Waals surface area contributed by atoms with Crippen molar-refractivity contribution < 1.29 is 4.42 Å². The Balaban J connectivity index is 1.87. The summed E-state index contributed by atoms with van der Waals surface area (Å²) in [6.45, 7) is 2.08. The molecule has 2 heterocycles. The molecule has 0 saturated heterocycles. The van der Waals surface area contributed by atoms with Gasteiger partial charge in [0.05, 0.1) is 4.83 Å². The molecule has 0 bridgehead atoms. The van der Waals surface area contributed by atoms with E-state index in [-0.39, 0.29) is 4.83 Å². The molecule has 1 atom stereocenters. The van der Waals surface area contributed by atoms with Crippen molar-refractivity contribution in [2.75, 3.05) is 0 Å². The van der Waals surface area contributed by atoms with Gasteiger partial charge < -0.3 is 4.42 Å². The van der Waals surface area contributed by atoms with Crippen LogP contribution in [0.15, 0.2) is 53.1 Å². The number of fused-ring (bicyclic) bond motifs is 1. The van der Waals surface area contributed by atoms with Crippen LogP contribution in [-0.2, 0) is 6.42 Å². The van der Waals surface area contributed by atoms with Crippen molar-refractivity contribution in [3.05, 3.63) is 65.7 Å². The molecule has 3 aromatic rings. The summed E-state index contributed by atoms with van der Waals surface area (Å²) in [5.41, 5.74) is 3.24. The van der Waals surface area contributed by atoms with Gasteiger partial charge in [-0.25, -0.2) is 0 Å². The lowest BCUT2D eigenvalue weighted by molar-refractivity contribution is 0.544. The van der Waals surface area contributed by atoms with E-state index in [9.17, 15) is 0 Å². The van der Waals surface area contributed by atoms with Gasteiger partial charge in [0.15, 0.2) is 0 Å². The smallest absolute Gasteiger partial charge is 0.134 e. The van der Waals surface area contributed by atoms with E-state index in [1.54, 1.807) is 0 Å². The minimum Gasteiger partial charge on any atom is -0.460 e. The van der Waals surface area contributed by atoms with Gasteiger partial charge in [0.1, 0.15) is 11.3 Å². The number of halogens is 1. The van der Waals surface area contributed by atoms with Crippen LogP contribution < -0.4 is 0 Å². The second-order valence-electron chi connectivity index (χ2n) is 4.63. The first-order chi connectivity index (χ1) is 9.24. The molecule has 0 aliphatic carbocycles. The third kappa shape index (κ3) is 2.56. The Kier molecular flexibility index (Phi) is 3.38. The zero-order valence-corrected chi connectivity index (χ0v) is 12.2. The maximum atomic E-state index is 5.87. The first kappa shape index (κ1) is 12.4. The van der Waals surface area contributed by atoms with Crippen LogP contribution in [0.5, 0.6) is 0 Å². The molecule has 3 heteroatoms. The van der Waals surface area contributed by atoms with Gasteiger partial charge >= 0.3 is 0 Å². The Morgan fingerprint density at radius 2 is 2.05 bits per heavy atom. The minimum atomic E-state index is 0.147. The summed E-state index contributed by atoms with van der Waals surface area (Å²) < 4.78 is 5.87. The van der Waals surface area contributed by atoms with Gasteiger partial charge in [-0.05, 0) is 30.7 Å². The number of furan rings is 1. The van der Waals surface area contributed by atoms with Gasteiger partial charge in [-0.3, -0.25) is 4.98 Å². The van der Waals surface area contributed by atoms with Gasteiger partial charge in [0, 0.05) is 23.7 Å². The molecule has 3 rings (SSSR count). The molecule has 96 valence electrons. The van der Waals surface area contributed by atoms with Crippen LogP contribution in [0, 0.1) is 6.92 Å². The zero-order chi connectivity index (χ0) is 13.2. The maximum Gasteiger partial charge on any atom is 0.134 e. The van der Waals surface area contributed by atoms with E-state index in [0.717, 1.165) is 28.8 Å². The lowest BCUT2D eigenvalue weighted by Gasteiger charge is -2.08. The predicted octanol–water partition coefficient (Wildman–Crippen LogP) is 4.81. The van der Waals surface area contributed by atoms with E-state index in [1.165, 1.54) is 5.56 Å². The van der Waals surface area contributed by atoms with Crippen molar-refractivity contribution in [3.8, 4) is 0 Å². The molecule has 0 saturated carbocycles. The highest BCUT2D eigenvalue weighted by Crippen LogP contribution is 2.31. The summed E-state index contributed by atoms with van der Waals surface area (Å²) in [7, 11) is 0. The fourth-order valence-corrected chi connectivity index (χ4v) is 2.69. The van der Waals surface area contributed by atoms with Crippen LogP contribution in [0.3, 0.4) is 0 Å². The summed E-state index contributed by atoms with van der Waals surface area (Å²) in [5.74, 6) is 0.950. The third-order valence-corrected chi connectivity index (χ3v) is 4.02. The highest BCUT2D eigenvalue weighted by molar-refractivity contribution is 9.09. The Morgan fingerprint density at radius 1 is 1.21 bits per heavy atom. The molecule has 0 fully saturated rings. The summed E-state index contributed by atoms with van der Waals surface area (Å²) in [6, 6.07) is 14.2. The number of para-hydroxylation sites is 1. The lowest BCUT2D eigenvalue weighted by atomic mass is 10.1. The van der Waals surface area contributed by atoms with Crippen LogP contribution in [0.2, 0.25) is 0 Å². The van der Waals surface area contributed by atoms with Gasteiger partial charge in [-0.1, -0.05) is 40.2 Å². The van der Waals surface area contributed by atoms with E-state index >= 15 is 0 Å². The normalized spacial score (nSPS) is 12.7. The molecule has 0 radical (unpaired) electrons. The monoisotopic (exact) mass is 315 g/mol. The van der Waals surface area contributed by atoms with Crippen molar-refractivity contribution >= 4 is 26.9 Å². The number of nitrogens with zero attached hydrogens (tertiary/aromatic N) is 1. The summed E-state index contributed by atoms with van der Waals surface area (Å²) in [4.78, 5) is 4.57. The number of aromatic nitrogens is 1. The average Bonchev–Trinajstić information content (AvgIpc) is 2.85. The quantitative estimate of drug-likeness (QED) is 0.648. The Bertz CT molecular complexity index is 672. The van der Waals surface area contributed by atoms with Crippen molar-refractivity contribution in [3.63, 3.8) is 0 Å². The highest BCUT2D eigenvalue weighted by atomic mass is 79.9. The molecule has 2 nitrogen and oxygen atoms in total. The second-order valence-corrected chi connectivity index (χ2v) is 5.73. The molecular weight excluding hydrogens is 302 g/mol. The van der Waals surface area contributed by atoms with Crippen LogP contribution >= 0.6 is 15.9 Å².